The Labute approximate surface area is 170 Å². The zero-order chi connectivity index (χ0) is 20.2. The number of amides is 1. The first-order valence-corrected chi connectivity index (χ1v) is 10.00. The Morgan fingerprint density at radius 1 is 1.24 bits per heavy atom. The predicted molar refractivity (Wildman–Crippen MR) is 113 cm³/mol. The van der Waals surface area contributed by atoms with Gasteiger partial charge in [0.1, 0.15) is 11.8 Å². The molecule has 1 aliphatic heterocycles. The summed E-state index contributed by atoms with van der Waals surface area (Å²) in [5.41, 5.74) is 3.37. The normalized spacial score (nSPS) is 20.3. The SMILES string of the molecule is COc1ccc(C(CNC(=O)[C@H]2NCCO[C@@H]2C)c2c[nH]c3ccccc23)cc1. The number of carbonyl (C=O) groups is 1. The van der Waals surface area contributed by atoms with Crippen LogP contribution >= 0.6 is 0 Å². The van der Waals surface area contributed by atoms with E-state index in [1.54, 1.807) is 7.11 Å². The summed E-state index contributed by atoms with van der Waals surface area (Å²) in [6.07, 6.45) is 1.90. The predicted octanol–water partition coefficient (Wildman–Crippen LogP) is 2.80. The average molecular weight is 393 g/mol. The lowest BCUT2D eigenvalue weighted by Crippen LogP contribution is -2.55. The number of fused-ring (bicyclic) bond motifs is 1. The molecule has 1 aromatic heterocycles. The molecule has 4 rings (SSSR count). The maximum Gasteiger partial charge on any atom is 0.239 e. The lowest BCUT2D eigenvalue weighted by Gasteiger charge is -2.30. The molecule has 0 saturated carbocycles. The number of H-pyrrole nitrogens is 1. The third-order valence-corrected chi connectivity index (χ3v) is 5.59. The number of carbonyl (C=O) groups excluding carboxylic acids is 1. The van der Waals surface area contributed by atoms with Crippen LogP contribution in [0, 0.1) is 0 Å². The number of hydrogen-bond donors (Lipinski definition) is 3. The van der Waals surface area contributed by atoms with Crippen molar-refractivity contribution in [2.75, 3.05) is 26.8 Å². The van der Waals surface area contributed by atoms with Crippen molar-refractivity contribution in [1.29, 1.82) is 0 Å². The molecule has 3 atom stereocenters. The minimum absolute atomic E-state index is 0.0146. The summed E-state index contributed by atoms with van der Waals surface area (Å²) in [5, 5.41) is 7.55. The molecule has 2 heterocycles. The first kappa shape index (κ1) is 19.5. The molecule has 1 unspecified atom stereocenters. The third-order valence-electron chi connectivity index (χ3n) is 5.59. The van der Waals surface area contributed by atoms with Gasteiger partial charge in [-0.15, -0.1) is 0 Å². The van der Waals surface area contributed by atoms with Crippen LogP contribution in [0.1, 0.15) is 24.0 Å². The van der Waals surface area contributed by atoms with Crippen LogP contribution < -0.4 is 15.4 Å². The fraction of sp³-hybridized carbons (Fsp3) is 0.348. The number of aromatic amines is 1. The highest BCUT2D eigenvalue weighted by atomic mass is 16.5. The second-order valence-electron chi connectivity index (χ2n) is 7.37. The maximum atomic E-state index is 12.8. The van der Waals surface area contributed by atoms with Crippen LogP contribution in [0.4, 0.5) is 0 Å². The van der Waals surface area contributed by atoms with Crippen molar-refractivity contribution in [3.63, 3.8) is 0 Å². The van der Waals surface area contributed by atoms with Crippen LogP contribution in [0.15, 0.2) is 54.7 Å². The van der Waals surface area contributed by atoms with Gasteiger partial charge in [-0.3, -0.25) is 4.79 Å². The number of morpholine rings is 1. The molecule has 2 aromatic carbocycles. The summed E-state index contributed by atoms with van der Waals surface area (Å²) >= 11 is 0. The summed E-state index contributed by atoms with van der Waals surface area (Å²) < 4.78 is 10.9. The van der Waals surface area contributed by atoms with Crippen molar-refractivity contribution in [2.45, 2.75) is 25.0 Å². The van der Waals surface area contributed by atoms with E-state index in [0.29, 0.717) is 19.7 Å². The van der Waals surface area contributed by atoms with Gasteiger partial charge >= 0.3 is 0 Å². The van der Waals surface area contributed by atoms with Crippen LogP contribution in [0.25, 0.3) is 10.9 Å². The van der Waals surface area contributed by atoms with Gasteiger partial charge in [0.25, 0.3) is 0 Å². The molecule has 1 saturated heterocycles. The van der Waals surface area contributed by atoms with Crippen molar-refractivity contribution >= 4 is 16.8 Å². The van der Waals surface area contributed by atoms with E-state index in [1.165, 1.54) is 0 Å². The van der Waals surface area contributed by atoms with Crippen LogP contribution in [0.2, 0.25) is 0 Å². The van der Waals surface area contributed by atoms with Crippen LogP contribution in [0.3, 0.4) is 0 Å². The number of hydrogen-bond acceptors (Lipinski definition) is 4. The van der Waals surface area contributed by atoms with E-state index in [4.69, 9.17) is 9.47 Å². The molecule has 0 spiro atoms. The highest BCUT2D eigenvalue weighted by Crippen LogP contribution is 2.31. The second kappa shape index (κ2) is 8.68. The third kappa shape index (κ3) is 4.13. The monoisotopic (exact) mass is 393 g/mol. The maximum absolute atomic E-state index is 12.8. The molecule has 29 heavy (non-hydrogen) atoms. The molecule has 6 heteroatoms. The van der Waals surface area contributed by atoms with E-state index in [9.17, 15) is 4.79 Å². The lowest BCUT2D eigenvalue weighted by molar-refractivity contribution is -0.128. The molecule has 1 aliphatic rings. The van der Waals surface area contributed by atoms with Gasteiger partial charge in [0.15, 0.2) is 0 Å². The molecular weight excluding hydrogens is 366 g/mol. The summed E-state index contributed by atoms with van der Waals surface area (Å²) in [7, 11) is 1.66. The number of methoxy groups -OCH3 is 1. The second-order valence-corrected chi connectivity index (χ2v) is 7.37. The van der Waals surface area contributed by atoms with E-state index < -0.39 is 0 Å². The van der Waals surface area contributed by atoms with Gasteiger partial charge in [-0.2, -0.15) is 0 Å². The molecule has 0 radical (unpaired) electrons. The summed E-state index contributed by atoms with van der Waals surface area (Å²) in [4.78, 5) is 16.1. The Bertz CT molecular complexity index is 967. The van der Waals surface area contributed by atoms with Crippen molar-refractivity contribution in [1.82, 2.24) is 15.6 Å². The molecule has 0 aliphatic carbocycles. The summed E-state index contributed by atoms with van der Waals surface area (Å²) in [6.45, 7) is 3.75. The standard InChI is InChI=1S/C23H27N3O3/c1-15-22(24-11-12-29-15)23(27)26-13-19(16-7-9-17(28-2)10-8-16)20-14-25-21-6-4-3-5-18(20)21/h3-10,14-15,19,22,24-25H,11-13H2,1-2H3,(H,26,27)/t15-,19?,22+/m1/s1. The highest BCUT2D eigenvalue weighted by Gasteiger charge is 2.29. The first-order valence-electron chi connectivity index (χ1n) is 10.00. The van der Waals surface area contributed by atoms with Gasteiger partial charge in [-0.1, -0.05) is 30.3 Å². The van der Waals surface area contributed by atoms with Crippen LogP contribution in [-0.2, 0) is 9.53 Å². The number of nitrogens with one attached hydrogen (secondary N) is 3. The number of para-hydroxylation sites is 1. The Morgan fingerprint density at radius 3 is 2.79 bits per heavy atom. The van der Waals surface area contributed by atoms with E-state index in [-0.39, 0.29) is 24.0 Å². The van der Waals surface area contributed by atoms with Crippen molar-refractivity contribution in [3.8, 4) is 5.75 Å². The Morgan fingerprint density at radius 2 is 2.03 bits per heavy atom. The van der Waals surface area contributed by atoms with E-state index in [1.807, 2.05) is 37.4 Å². The summed E-state index contributed by atoms with van der Waals surface area (Å²) in [6, 6.07) is 15.9. The molecule has 6 nitrogen and oxygen atoms in total. The van der Waals surface area contributed by atoms with Crippen LogP contribution in [-0.4, -0.2) is 49.8 Å². The number of rotatable bonds is 6. The number of benzene rings is 2. The minimum atomic E-state index is -0.330. The Kier molecular flexibility index (Phi) is 5.83. The topological polar surface area (TPSA) is 75.4 Å². The molecular formula is C23H27N3O3. The summed E-state index contributed by atoms with van der Waals surface area (Å²) in [5.74, 6) is 0.796. The van der Waals surface area contributed by atoms with Crippen LogP contribution in [0.5, 0.6) is 5.75 Å². The fourth-order valence-electron chi connectivity index (χ4n) is 3.97. The minimum Gasteiger partial charge on any atom is -0.497 e. The Hall–Kier alpha value is -2.83. The molecule has 152 valence electrons. The van der Waals surface area contributed by atoms with E-state index in [0.717, 1.165) is 27.8 Å². The molecule has 1 amide bonds. The molecule has 3 aromatic rings. The van der Waals surface area contributed by atoms with Gasteiger partial charge in [0.05, 0.1) is 19.8 Å². The lowest BCUT2D eigenvalue weighted by atomic mass is 9.90. The largest absolute Gasteiger partial charge is 0.497 e. The van der Waals surface area contributed by atoms with Crippen molar-refractivity contribution < 1.29 is 14.3 Å². The fourth-order valence-corrected chi connectivity index (χ4v) is 3.97. The van der Waals surface area contributed by atoms with E-state index >= 15 is 0 Å². The number of aromatic nitrogens is 1. The van der Waals surface area contributed by atoms with Gasteiger partial charge in [-0.25, -0.2) is 0 Å². The van der Waals surface area contributed by atoms with Gasteiger partial charge < -0.3 is 25.1 Å². The van der Waals surface area contributed by atoms with Gasteiger partial charge in [0.2, 0.25) is 5.91 Å². The number of ether oxygens (including phenoxy) is 2. The quantitative estimate of drug-likeness (QED) is 0.602. The average Bonchev–Trinajstić information content (AvgIpc) is 3.18. The smallest absolute Gasteiger partial charge is 0.239 e. The van der Waals surface area contributed by atoms with Gasteiger partial charge in [0, 0.05) is 36.1 Å². The zero-order valence-corrected chi connectivity index (χ0v) is 16.8. The molecule has 1 fully saturated rings. The Balaban J connectivity index is 1.60. The molecule has 3 N–H and O–H groups in total. The van der Waals surface area contributed by atoms with E-state index in [2.05, 4.69) is 39.9 Å². The first-order chi connectivity index (χ1) is 14.2. The highest BCUT2D eigenvalue weighted by molar-refractivity contribution is 5.85. The zero-order valence-electron chi connectivity index (χ0n) is 16.8. The van der Waals surface area contributed by atoms with Crippen molar-refractivity contribution in [2.24, 2.45) is 0 Å². The molecule has 0 bridgehead atoms. The van der Waals surface area contributed by atoms with Crippen molar-refractivity contribution in [3.05, 3.63) is 65.9 Å². The van der Waals surface area contributed by atoms with Gasteiger partial charge in [-0.05, 0) is 36.2 Å².